The molecular formula is C13H14N2O3. The number of rotatable bonds is 2. The van der Waals surface area contributed by atoms with Crippen molar-refractivity contribution in [3.63, 3.8) is 0 Å². The van der Waals surface area contributed by atoms with Crippen LogP contribution in [0.25, 0.3) is 11.8 Å². The Morgan fingerprint density at radius 2 is 2.06 bits per heavy atom. The van der Waals surface area contributed by atoms with Gasteiger partial charge in [-0.05, 0) is 19.1 Å². The van der Waals surface area contributed by atoms with Gasteiger partial charge in [-0.3, -0.25) is 4.99 Å². The van der Waals surface area contributed by atoms with E-state index in [1.807, 2.05) is 14.1 Å². The number of carbonyl (C=O) groups is 1. The third-order valence-electron chi connectivity index (χ3n) is 2.70. The summed E-state index contributed by atoms with van der Waals surface area (Å²) in [5, 5.41) is 20.1. The van der Waals surface area contributed by atoms with E-state index in [4.69, 9.17) is 0 Å². The van der Waals surface area contributed by atoms with Crippen LogP contribution in [-0.4, -0.2) is 40.9 Å². The Bertz CT molecular complexity index is 672. The largest absolute Gasteiger partial charge is 0.507 e. The fraction of sp³-hybridized carbons (Fsp3) is 0.231. The van der Waals surface area contributed by atoms with Crippen LogP contribution < -0.4 is 10.4 Å². The van der Waals surface area contributed by atoms with Gasteiger partial charge < -0.3 is 15.1 Å². The highest BCUT2D eigenvalue weighted by atomic mass is 16.4. The minimum Gasteiger partial charge on any atom is -0.507 e. The number of hydrogen-bond donors (Lipinski definition) is 2. The molecular weight excluding hydrogens is 232 g/mol. The first kappa shape index (κ1) is 12.2. The Labute approximate surface area is 104 Å². The zero-order chi connectivity index (χ0) is 13.4. The molecule has 0 bridgehead atoms. The normalized spacial score (nSPS) is 14.5. The lowest BCUT2D eigenvalue weighted by molar-refractivity contribution is -0.130. The summed E-state index contributed by atoms with van der Waals surface area (Å²) in [6, 6.07) is 3.15. The second-order valence-electron chi connectivity index (χ2n) is 4.36. The maximum Gasteiger partial charge on any atom is 0.338 e. The molecule has 1 heterocycles. The van der Waals surface area contributed by atoms with Crippen molar-refractivity contribution in [1.29, 1.82) is 0 Å². The molecule has 1 aromatic carbocycles. The van der Waals surface area contributed by atoms with Crippen LogP contribution >= 0.6 is 0 Å². The Morgan fingerprint density at radius 3 is 2.61 bits per heavy atom. The molecule has 1 aliphatic heterocycles. The molecule has 1 aromatic rings. The van der Waals surface area contributed by atoms with Crippen molar-refractivity contribution in [3.05, 3.63) is 22.6 Å². The Morgan fingerprint density at radius 1 is 1.39 bits per heavy atom. The van der Waals surface area contributed by atoms with E-state index in [1.54, 1.807) is 24.1 Å². The molecule has 0 amide bonds. The van der Waals surface area contributed by atoms with Crippen LogP contribution in [0.5, 0.6) is 5.75 Å². The summed E-state index contributed by atoms with van der Waals surface area (Å²) in [6.07, 6.45) is 1.69. The molecule has 18 heavy (non-hydrogen) atoms. The Hall–Kier alpha value is -2.30. The van der Waals surface area contributed by atoms with E-state index in [2.05, 4.69) is 4.99 Å². The van der Waals surface area contributed by atoms with Crippen LogP contribution in [0.4, 0.5) is 5.69 Å². The second kappa shape index (κ2) is 4.18. The Kier molecular flexibility index (Phi) is 2.82. The molecule has 0 radical (unpaired) electrons. The summed E-state index contributed by atoms with van der Waals surface area (Å²) in [7, 11) is 3.61. The van der Waals surface area contributed by atoms with Gasteiger partial charge in [0.25, 0.3) is 0 Å². The monoisotopic (exact) mass is 246 g/mol. The highest BCUT2D eigenvalue weighted by Gasteiger charge is 2.21. The van der Waals surface area contributed by atoms with Gasteiger partial charge in [0.05, 0.1) is 17.0 Å². The van der Waals surface area contributed by atoms with Gasteiger partial charge in [0.15, 0.2) is 0 Å². The number of carboxylic acid groups (broad SMARTS) is 1. The zero-order valence-corrected chi connectivity index (χ0v) is 10.4. The van der Waals surface area contributed by atoms with E-state index in [1.165, 1.54) is 6.07 Å². The molecule has 5 heteroatoms. The predicted molar refractivity (Wildman–Crippen MR) is 69.3 cm³/mol. The molecule has 5 nitrogen and oxygen atoms in total. The summed E-state index contributed by atoms with van der Waals surface area (Å²) >= 11 is 0. The summed E-state index contributed by atoms with van der Waals surface area (Å²) in [5.41, 5.74) is 1.18. The molecule has 0 spiro atoms. The highest BCUT2D eigenvalue weighted by molar-refractivity contribution is 6.41. The van der Waals surface area contributed by atoms with E-state index in [0.29, 0.717) is 21.8 Å². The summed E-state index contributed by atoms with van der Waals surface area (Å²) in [6.45, 7) is 1.65. The fourth-order valence-electron chi connectivity index (χ4n) is 2.02. The second-order valence-corrected chi connectivity index (χ2v) is 4.36. The molecule has 94 valence electrons. The SMILES string of the molecule is CC1=Nc2ccc(O)c(=CN(C)C)c2=C1C(=O)O. The highest BCUT2D eigenvalue weighted by Crippen LogP contribution is 2.17. The van der Waals surface area contributed by atoms with Crippen molar-refractivity contribution in [2.45, 2.75) is 6.92 Å². The molecule has 2 rings (SSSR count). The van der Waals surface area contributed by atoms with Gasteiger partial charge in [0, 0.05) is 30.7 Å². The van der Waals surface area contributed by atoms with Crippen molar-refractivity contribution in [3.8, 4) is 5.75 Å². The van der Waals surface area contributed by atoms with Crippen LogP contribution in [-0.2, 0) is 4.79 Å². The van der Waals surface area contributed by atoms with Gasteiger partial charge >= 0.3 is 5.97 Å². The van der Waals surface area contributed by atoms with E-state index in [-0.39, 0.29) is 11.3 Å². The van der Waals surface area contributed by atoms with Gasteiger partial charge in [-0.15, -0.1) is 0 Å². The van der Waals surface area contributed by atoms with Crippen LogP contribution in [0.15, 0.2) is 17.1 Å². The lowest BCUT2D eigenvalue weighted by Crippen LogP contribution is -2.31. The van der Waals surface area contributed by atoms with Crippen LogP contribution in [0.2, 0.25) is 0 Å². The topological polar surface area (TPSA) is 73.1 Å². The first-order valence-electron chi connectivity index (χ1n) is 5.45. The van der Waals surface area contributed by atoms with Crippen molar-refractivity contribution in [2.75, 3.05) is 14.1 Å². The number of nitrogens with zero attached hydrogens (tertiary/aromatic N) is 2. The minimum atomic E-state index is -1.03. The average Bonchev–Trinajstić information content (AvgIpc) is 2.58. The summed E-state index contributed by atoms with van der Waals surface area (Å²) in [4.78, 5) is 17.3. The number of fused-ring (bicyclic) bond motifs is 1. The average molecular weight is 246 g/mol. The Balaban J connectivity index is 2.97. The molecule has 0 unspecified atom stereocenters. The van der Waals surface area contributed by atoms with E-state index >= 15 is 0 Å². The summed E-state index contributed by atoms with van der Waals surface area (Å²) < 4.78 is 0. The quantitative estimate of drug-likeness (QED) is 0.772. The summed E-state index contributed by atoms with van der Waals surface area (Å²) in [5.74, 6) is -0.986. The van der Waals surface area contributed by atoms with Gasteiger partial charge in [-0.25, -0.2) is 4.79 Å². The smallest absolute Gasteiger partial charge is 0.338 e. The maximum absolute atomic E-state index is 11.3. The fourth-order valence-corrected chi connectivity index (χ4v) is 2.02. The number of aromatic hydroxyl groups is 1. The predicted octanol–water partition coefficient (Wildman–Crippen LogP) is 0.0331. The zero-order valence-electron chi connectivity index (χ0n) is 10.4. The van der Waals surface area contributed by atoms with Gasteiger partial charge in [0.2, 0.25) is 0 Å². The van der Waals surface area contributed by atoms with Crippen molar-refractivity contribution >= 4 is 29.1 Å². The van der Waals surface area contributed by atoms with Crippen LogP contribution in [0.1, 0.15) is 6.92 Å². The number of carboxylic acids is 1. The molecule has 0 fully saturated rings. The molecule has 2 N–H and O–H groups in total. The molecule has 0 saturated carbocycles. The molecule has 0 aliphatic carbocycles. The molecule has 1 aliphatic rings. The van der Waals surface area contributed by atoms with Gasteiger partial charge in [-0.2, -0.15) is 0 Å². The van der Waals surface area contributed by atoms with Gasteiger partial charge in [0.1, 0.15) is 5.75 Å². The molecule has 0 atom stereocenters. The number of phenols is 1. The molecule has 0 aromatic heterocycles. The minimum absolute atomic E-state index is 0.0473. The number of aliphatic imine (C=N–C) groups is 1. The number of hydrogen-bond acceptors (Lipinski definition) is 4. The first-order chi connectivity index (χ1) is 8.41. The molecule has 0 saturated heterocycles. The number of phenolic OH excluding ortho intramolecular Hbond substituents is 1. The van der Waals surface area contributed by atoms with E-state index in [9.17, 15) is 15.0 Å². The lowest BCUT2D eigenvalue weighted by Gasteiger charge is -2.05. The van der Waals surface area contributed by atoms with E-state index in [0.717, 1.165) is 0 Å². The maximum atomic E-state index is 11.3. The third kappa shape index (κ3) is 1.84. The lowest BCUT2D eigenvalue weighted by atomic mass is 10.1. The number of aliphatic carboxylic acids is 1. The van der Waals surface area contributed by atoms with Crippen molar-refractivity contribution in [1.82, 2.24) is 4.90 Å². The van der Waals surface area contributed by atoms with Crippen molar-refractivity contribution in [2.24, 2.45) is 4.99 Å². The standard InChI is InChI=1S/C13H14N2O3/c1-7-11(13(17)18)12-8(6-15(2)3)10(16)5-4-9(12)14-7/h4-6,16H,1-3H3,(H,17,18). The third-order valence-corrected chi connectivity index (χ3v) is 2.70. The van der Waals surface area contributed by atoms with Crippen LogP contribution in [0.3, 0.4) is 0 Å². The van der Waals surface area contributed by atoms with Crippen molar-refractivity contribution < 1.29 is 15.0 Å². The van der Waals surface area contributed by atoms with E-state index < -0.39 is 5.97 Å². The van der Waals surface area contributed by atoms with Gasteiger partial charge in [-0.1, -0.05) is 0 Å². The number of benzene rings is 1. The van der Waals surface area contributed by atoms with Crippen LogP contribution in [0, 0.1) is 0 Å². The first-order valence-corrected chi connectivity index (χ1v) is 5.45.